The molecular weight excluding hydrogens is 228 g/mol. The van der Waals surface area contributed by atoms with Gasteiger partial charge in [0, 0.05) is 25.2 Å². The van der Waals surface area contributed by atoms with Crippen LogP contribution in [-0.2, 0) is 4.79 Å². The van der Waals surface area contributed by atoms with Gasteiger partial charge in [-0.1, -0.05) is 0 Å². The van der Waals surface area contributed by atoms with E-state index in [0.29, 0.717) is 12.5 Å². The van der Waals surface area contributed by atoms with Gasteiger partial charge in [0.2, 0.25) is 0 Å². The fourth-order valence-electron chi connectivity index (χ4n) is 3.89. The average molecular weight is 252 g/mol. The zero-order valence-electron chi connectivity index (χ0n) is 11.3. The van der Waals surface area contributed by atoms with Crippen molar-refractivity contribution < 1.29 is 9.90 Å². The molecule has 0 amide bonds. The van der Waals surface area contributed by atoms with Crippen LogP contribution in [0.2, 0.25) is 0 Å². The van der Waals surface area contributed by atoms with Crippen molar-refractivity contribution in [3.8, 4) is 0 Å². The number of rotatable bonds is 4. The van der Waals surface area contributed by atoms with Gasteiger partial charge >= 0.3 is 5.97 Å². The summed E-state index contributed by atoms with van der Waals surface area (Å²) in [6.45, 7) is 3.32. The van der Waals surface area contributed by atoms with Gasteiger partial charge in [0.05, 0.1) is 6.42 Å². The highest BCUT2D eigenvalue weighted by Gasteiger charge is 2.46. The number of carboxylic acids is 1. The quantitative estimate of drug-likeness (QED) is 0.821. The van der Waals surface area contributed by atoms with E-state index in [4.69, 9.17) is 5.11 Å². The van der Waals surface area contributed by atoms with E-state index in [1.807, 2.05) is 0 Å². The average Bonchev–Trinajstić information content (AvgIpc) is 2.94. The van der Waals surface area contributed by atoms with E-state index in [1.54, 1.807) is 0 Å². The second kappa shape index (κ2) is 4.49. The summed E-state index contributed by atoms with van der Waals surface area (Å²) in [6, 6.07) is 1.48. The van der Waals surface area contributed by atoms with Crippen molar-refractivity contribution in [3.05, 3.63) is 0 Å². The van der Waals surface area contributed by atoms with E-state index < -0.39 is 5.97 Å². The first kappa shape index (κ1) is 12.4. The molecule has 4 nitrogen and oxygen atoms in total. The van der Waals surface area contributed by atoms with Crippen LogP contribution in [0, 0.1) is 5.41 Å². The summed E-state index contributed by atoms with van der Waals surface area (Å²) >= 11 is 0. The first-order valence-corrected chi connectivity index (χ1v) is 7.24. The first-order valence-electron chi connectivity index (χ1n) is 7.24. The van der Waals surface area contributed by atoms with Crippen molar-refractivity contribution in [2.45, 2.75) is 50.6 Å². The number of fused-ring (bicyclic) bond motifs is 2. The summed E-state index contributed by atoms with van der Waals surface area (Å²) in [5.41, 5.74) is 0.119. The predicted octanol–water partition coefficient (Wildman–Crippen LogP) is 1.41. The molecule has 0 aromatic heterocycles. The first-order chi connectivity index (χ1) is 8.58. The van der Waals surface area contributed by atoms with E-state index in [2.05, 4.69) is 16.8 Å². The van der Waals surface area contributed by atoms with E-state index in [-0.39, 0.29) is 5.41 Å². The van der Waals surface area contributed by atoms with Gasteiger partial charge in [-0.15, -0.1) is 0 Å². The molecule has 1 aliphatic carbocycles. The van der Waals surface area contributed by atoms with Crippen LogP contribution in [0.5, 0.6) is 0 Å². The lowest BCUT2D eigenvalue weighted by atomic mass is 10.0. The van der Waals surface area contributed by atoms with Gasteiger partial charge in [0.25, 0.3) is 0 Å². The van der Waals surface area contributed by atoms with Crippen LogP contribution in [0.3, 0.4) is 0 Å². The van der Waals surface area contributed by atoms with Gasteiger partial charge in [0.15, 0.2) is 0 Å². The maximum absolute atomic E-state index is 10.9. The molecular formula is C14H24N2O2. The molecule has 4 heteroatoms. The lowest BCUT2D eigenvalue weighted by Crippen LogP contribution is -2.39. The summed E-state index contributed by atoms with van der Waals surface area (Å²) in [6.07, 6.45) is 6.53. The fraction of sp³-hybridized carbons (Fsp3) is 0.929. The molecule has 18 heavy (non-hydrogen) atoms. The Balaban J connectivity index is 1.59. The maximum atomic E-state index is 10.9. The summed E-state index contributed by atoms with van der Waals surface area (Å²) < 4.78 is 0. The Morgan fingerprint density at radius 3 is 2.67 bits per heavy atom. The van der Waals surface area contributed by atoms with Gasteiger partial charge in [-0.05, 0) is 51.1 Å². The lowest BCUT2D eigenvalue weighted by Gasteiger charge is -2.28. The monoisotopic (exact) mass is 252 g/mol. The van der Waals surface area contributed by atoms with Crippen molar-refractivity contribution in [2.75, 3.05) is 26.7 Å². The minimum atomic E-state index is -0.624. The second-order valence-electron chi connectivity index (χ2n) is 6.64. The zero-order valence-corrected chi connectivity index (χ0v) is 11.3. The number of aliphatic carboxylic acids is 1. The van der Waals surface area contributed by atoms with E-state index >= 15 is 0 Å². The van der Waals surface area contributed by atoms with Crippen molar-refractivity contribution in [1.82, 2.24) is 9.80 Å². The molecule has 2 unspecified atom stereocenters. The molecule has 0 radical (unpaired) electrons. The van der Waals surface area contributed by atoms with E-state index in [0.717, 1.165) is 38.5 Å². The molecule has 0 aromatic carbocycles. The highest BCUT2D eigenvalue weighted by atomic mass is 16.4. The van der Waals surface area contributed by atoms with Crippen LogP contribution < -0.4 is 0 Å². The Labute approximate surface area is 109 Å². The predicted molar refractivity (Wildman–Crippen MR) is 69.5 cm³/mol. The van der Waals surface area contributed by atoms with Crippen molar-refractivity contribution >= 4 is 5.97 Å². The number of hydrogen-bond acceptors (Lipinski definition) is 3. The standard InChI is InChI=1S/C14H24N2O2/c1-15-11-2-3-12(15)9-16(7-4-11)10-14(5-6-14)8-13(17)18/h11-12H,2-10H2,1H3,(H,17,18). The normalized spacial score (nSPS) is 35.4. The molecule has 3 rings (SSSR count). The molecule has 1 N–H and O–H groups in total. The van der Waals surface area contributed by atoms with E-state index in [9.17, 15) is 4.79 Å². The Bertz CT molecular complexity index is 341. The topological polar surface area (TPSA) is 43.8 Å². The van der Waals surface area contributed by atoms with E-state index in [1.165, 1.54) is 19.3 Å². The van der Waals surface area contributed by atoms with Gasteiger partial charge in [-0.3, -0.25) is 9.69 Å². The minimum Gasteiger partial charge on any atom is -0.481 e. The summed E-state index contributed by atoms with van der Waals surface area (Å²) in [5.74, 6) is -0.624. The number of likely N-dealkylation sites (tertiary alicyclic amines) is 1. The fourth-order valence-corrected chi connectivity index (χ4v) is 3.89. The van der Waals surface area contributed by atoms with Crippen LogP contribution in [0.1, 0.15) is 38.5 Å². The molecule has 1 saturated carbocycles. The summed E-state index contributed by atoms with van der Waals surface area (Å²) in [5, 5.41) is 8.99. The van der Waals surface area contributed by atoms with Crippen LogP contribution >= 0.6 is 0 Å². The molecule has 3 aliphatic rings. The largest absolute Gasteiger partial charge is 0.481 e. The zero-order chi connectivity index (χ0) is 12.8. The second-order valence-corrected chi connectivity index (χ2v) is 6.64. The number of nitrogens with zero attached hydrogens (tertiary/aromatic N) is 2. The molecule has 2 heterocycles. The molecule has 2 saturated heterocycles. The number of carboxylic acid groups (broad SMARTS) is 1. The Morgan fingerprint density at radius 1 is 1.28 bits per heavy atom. The number of hydrogen-bond donors (Lipinski definition) is 1. The third-order valence-corrected chi connectivity index (χ3v) is 5.27. The Kier molecular flexibility index (Phi) is 3.10. The van der Waals surface area contributed by atoms with Crippen LogP contribution in [0.25, 0.3) is 0 Å². The molecule has 3 fully saturated rings. The van der Waals surface area contributed by atoms with Gasteiger partial charge in [-0.2, -0.15) is 0 Å². The molecule has 0 spiro atoms. The minimum absolute atomic E-state index is 0.119. The summed E-state index contributed by atoms with van der Waals surface area (Å²) in [4.78, 5) is 16.0. The summed E-state index contributed by atoms with van der Waals surface area (Å²) in [7, 11) is 2.26. The number of carbonyl (C=O) groups is 1. The molecule has 2 atom stereocenters. The number of likely N-dealkylation sites (N-methyl/N-ethyl adjacent to an activating group) is 1. The third-order valence-electron chi connectivity index (χ3n) is 5.27. The van der Waals surface area contributed by atoms with Crippen LogP contribution in [0.4, 0.5) is 0 Å². The Morgan fingerprint density at radius 2 is 2.00 bits per heavy atom. The van der Waals surface area contributed by atoms with Crippen LogP contribution in [-0.4, -0.2) is 59.6 Å². The van der Waals surface area contributed by atoms with Gasteiger partial charge < -0.3 is 10.0 Å². The van der Waals surface area contributed by atoms with Gasteiger partial charge in [-0.25, -0.2) is 0 Å². The van der Waals surface area contributed by atoms with Crippen molar-refractivity contribution in [2.24, 2.45) is 5.41 Å². The van der Waals surface area contributed by atoms with Gasteiger partial charge in [0.1, 0.15) is 0 Å². The highest BCUT2D eigenvalue weighted by molar-refractivity contribution is 5.68. The molecule has 102 valence electrons. The van der Waals surface area contributed by atoms with Crippen molar-refractivity contribution in [1.29, 1.82) is 0 Å². The smallest absolute Gasteiger partial charge is 0.303 e. The molecule has 0 aromatic rings. The Hall–Kier alpha value is -0.610. The van der Waals surface area contributed by atoms with Crippen LogP contribution in [0.15, 0.2) is 0 Å². The highest BCUT2D eigenvalue weighted by Crippen LogP contribution is 2.49. The third kappa shape index (κ3) is 2.41. The lowest BCUT2D eigenvalue weighted by molar-refractivity contribution is -0.138. The molecule has 2 bridgehead atoms. The maximum Gasteiger partial charge on any atom is 0.303 e. The van der Waals surface area contributed by atoms with Crippen molar-refractivity contribution in [3.63, 3.8) is 0 Å². The molecule has 2 aliphatic heterocycles. The SMILES string of the molecule is CN1C2CCC1CN(CC1(CC(=O)O)CC1)CC2.